The summed E-state index contributed by atoms with van der Waals surface area (Å²) in [5.74, 6) is 1.75. The average Bonchev–Trinajstić information content (AvgIpc) is 2.71. The number of rotatable bonds is 7. The summed E-state index contributed by atoms with van der Waals surface area (Å²) in [5.41, 5.74) is 1.08. The minimum atomic E-state index is -0.561. The molecule has 6 heteroatoms. The molecule has 4 aliphatic rings. The molecule has 0 saturated heterocycles. The Morgan fingerprint density at radius 1 is 1.17 bits per heavy atom. The van der Waals surface area contributed by atoms with Crippen LogP contribution in [0.2, 0.25) is 0 Å². The lowest BCUT2D eigenvalue weighted by atomic mass is 9.52. The van der Waals surface area contributed by atoms with Gasteiger partial charge in [-0.1, -0.05) is 11.6 Å². The minimum Gasteiger partial charge on any atom is -0.496 e. The third-order valence-electron chi connectivity index (χ3n) is 7.23. The van der Waals surface area contributed by atoms with Crippen molar-refractivity contribution >= 4 is 11.9 Å². The van der Waals surface area contributed by atoms with E-state index >= 15 is 0 Å². The van der Waals surface area contributed by atoms with E-state index in [2.05, 4.69) is 6.07 Å². The first-order valence-corrected chi connectivity index (χ1v) is 10.9. The lowest BCUT2D eigenvalue weighted by molar-refractivity contribution is -0.153. The van der Waals surface area contributed by atoms with Crippen LogP contribution in [0, 0.1) is 36.0 Å². The molecule has 0 heterocycles. The summed E-state index contributed by atoms with van der Waals surface area (Å²) >= 11 is 0. The van der Waals surface area contributed by atoms with Gasteiger partial charge < -0.3 is 14.4 Å². The number of nitrogens with zero attached hydrogens (tertiary/aromatic N) is 2. The van der Waals surface area contributed by atoms with Gasteiger partial charge in [0.15, 0.2) is 6.61 Å². The van der Waals surface area contributed by atoms with Crippen LogP contribution < -0.4 is 4.74 Å². The quantitative estimate of drug-likeness (QED) is 0.638. The molecule has 1 aromatic carbocycles. The van der Waals surface area contributed by atoms with Crippen LogP contribution in [0.1, 0.15) is 60.9 Å². The smallest absolute Gasteiger partial charge is 0.342 e. The van der Waals surface area contributed by atoms with E-state index in [1.165, 1.54) is 26.4 Å². The zero-order chi connectivity index (χ0) is 21.3. The number of aryl methyl sites for hydroxylation is 1. The van der Waals surface area contributed by atoms with Gasteiger partial charge in [-0.2, -0.15) is 5.26 Å². The summed E-state index contributed by atoms with van der Waals surface area (Å²) in [7, 11) is 1.50. The normalized spacial score (nSPS) is 28.6. The van der Waals surface area contributed by atoms with E-state index in [1.54, 1.807) is 12.1 Å². The van der Waals surface area contributed by atoms with Crippen LogP contribution in [-0.4, -0.2) is 42.6 Å². The van der Waals surface area contributed by atoms with Gasteiger partial charge in [-0.3, -0.25) is 4.79 Å². The lowest BCUT2D eigenvalue weighted by Crippen LogP contribution is -2.62. The molecule has 1 amide bonds. The Bertz CT molecular complexity index is 837. The molecular weight excluding hydrogens is 380 g/mol. The van der Waals surface area contributed by atoms with E-state index in [0.29, 0.717) is 42.0 Å². The first kappa shape index (κ1) is 20.7. The molecule has 4 fully saturated rings. The number of nitriles is 1. The second kappa shape index (κ2) is 8.29. The SMILES string of the molecule is COc1ccc(C)cc1C(=O)OCC(=O)N(CCC#N)C12CC3CC(CC(C3)C1)C2. The molecule has 0 spiro atoms. The Morgan fingerprint density at radius 2 is 1.80 bits per heavy atom. The number of carbonyl (C=O) groups excluding carboxylic acids is 2. The van der Waals surface area contributed by atoms with E-state index in [4.69, 9.17) is 14.7 Å². The molecule has 1 aromatic rings. The van der Waals surface area contributed by atoms with Gasteiger partial charge in [-0.15, -0.1) is 0 Å². The van der Waals surface area contributed by atoms with E-state index in [1.807, 2.05) is 17.9 Å². The molecule has 0 radical (unpaired) electrons. The van der Waals surface area contributed by atoms with Gasteiger partial charge in [-0.25, -0.2) is 4.79 Å². The monoisotopic (exact) mass is 410 g/mol. The summed E-state index contributed by atoms with van der Waals surface area (Å²) in [6.45, 7) is 1.99. The predicted molar refractivity (Wildman–Crippen MR) is 111 cm³/mol. The van der Waals surface area contributed by atoms with Gasteiger partial charge in [0.2, 0.25) is 0 Å². The molecule has 0 N–H and O–H groups in total. The first-order chi connectivity index (χ1) is 14.4. The third kappa shape index (κ3) is 3.90. The third-order valence-corrected chi connectivity index (χ3v) is 7.23. The van der Waals surface area contributed by atoms with Crippen LogP contribution in [0.4, 0.5) is 0 Å². The van der Waals surface area contributed by atoms with Crippen molar-refractivity contribution in [3.63, 3.8) is 0 Å². The van der Waals surface area contributed by atoms with Crippen LogP contribution in [-0.2, 0) is 9.53 Å². The molecule has 4 aliphatic carbocycles. The van der Waals surface area contributed by atoms with Crippen LogP contribution in [0.3, 0.4) is 0 Å². The van der Waals surface area contributed by atoms with Gasteiger partial charge in [0, 0.05) is 12.1 Å². The largest absolute Gasteiger partial charge is 0.496 e. The topological polar surface area (TPSA) is 79.6 Å². The highest BCUT2D eigenvalue weighted by molar-refractivity contribution is 5.94. The first-order valence-electron chi connectivity index (χ1n) is 10.9. The van der Waals surface area contributed by atoms with Crippen molar-refractivity contribution in [2.24, 2.45) is 17.8 Å². The summed E-state index contributed by atoms with van der Waals surface area (Å²) < 4.78 is 10.7. The van der Waals surface area contributed by atoms with Gasteiger partial charge in [0.05, 0.1) is 19.6 Å². The Labute approximate surface area is 178 Å². The molecule has 6 nitrogen and oxygen atoms in total. The van der Waals surface area contributed by atoms with E-state index in [-0.39, 0.29) is 18.1 Å². The van der Waals surface area contributed by atoms with Crippen LogP contribution >= 0.6 is 0 Å². The summed E-state index contributed by atoms with van der Waals surface area (Å²) in [6.07, 6.45) is 7.21. The standard InChI is InChI=1S/C24H30N2O4/c1-16-4-5-21(29-2)20(8-16)23(28)30-15-22(27)26(7-3-6-25)24-12-17-9-18(13-24)11-19(10-17)14-24/h4-5,8,17-19H,3,7,9-15H2,1-2H3. The summed E-state index contributed by atoms with van der Waals surface area (Å²) in [4.78, 5) is 27.8. The fourth-order valence-corrected chi connectivity index (χ4v) is 6.45. The van der Waals surface area contributed by atoms with Crippen molar-refractivity contribution in [3.05, 3.63) is 29.3 Å². The zero-order valence-electron chi connectivity index (χ0n) is 17.9. The molecule has 4 bridgehead atoms. The number of benzene rings is 1. The number of hydrogen-bond acceptors (Lipinski definition) is 5. The van der Waals surface area contributed by atoms with Crippen LogP contribution in [0.5, 0.6) is 5.75 Å². The molecule has 0 unspecified atom stereocenters. The maximum absolute atomic E-state index is 13.2. The molecule has 5 rings (SSSR count). The number of methoxy groups -OCH3 is 1. The van der Waals surface area contributed by atoms with Crippen molar-refractivity contribution < 1.29 is 19.1 Å². The molecule has 0 aliphatic heterocycles. The van der Waals surface area contributed by atoms with Crippen LogP contribution in [0.15, 0.2) is 18.2 Å². The molecule has 160 valence electrons. The Morgan fingerprint density at radius 3 is 2.37 bits per heavy atom. The van der Waals surface area contributed by atoms with E-state index in [0.717, 1.165) is 24.8 Å². The maximum atomic E-state index is 13.2. The summed E-state index contributed by atoms with van der Waals surface area (Å²) in [6, 6.07) is 7.47. The summed E-state index contributed by atoms with van der Waals surface area (Å²) in [5, 5.41) is 9.14. The number of amides is 1. The van der Waals surface area contributed by atoms with Crippen molar-refractivity contribution in [2.45, 2.75) is 57.4 Å². The molecule has 0 aromatic heterocycles. The Hall–Kier alpha value is -2.55. The number of ether oxygens (including phenoxy) is 2. The van der Waals surface area contributed by atoms with Crippen molar-refractivity contribution in [1.29, 1.82) is 5.26 Å². The highest BCUT2D eigenvalue weighted by Gasteiger charge is 2.54. The predicted octanol–water partition coefficient (Wildman–Crippen LogP) is 3.87. The fraction of sp³-hybridized carbons (Fsp3) is 0.625. The van der Waals surface area contributed by atoms with Gasteiger partial charge >= 0.3 is 5.97 Å². The molecule has 4 saturated carbocycles. The second-order valence-electron chi connectivity index (χ2n) is 9.38. The zero-order valence-corrected chi connectivity index (χ0v) is 17.9. The van der Waals surface area contributed by atoms with Crippen molar-refractivity contribution in [2.75, 3.05) is 20.3 Å². The molecule has 0 atom stereocenters. The van der Waals surface area contributed by atoms with Gasteiger partial charge in [0.25, 0.3) is 5.91 Å². The lowest BCUT2D eigenvalue weighted by Gasteiger charge is -2.60. The van der Waals surface area contributed by atoms with Crippen LogP contribution in [0.25, 0.3) is 0 Å². The second-order valence-corrected chi connectivity index (χ2v) is 9.38. The minimum absolute atomic E-state index is 0.157. The molecule has 30 heavy (non-hydrogen) atoms. The number of carbonyl (C=O) groups is 2. The number of hydrogen-bond donors (Lipinski definition) is 0. The van der Waals surface area contributed by atoms with Crippen molar-refractivity contribution in [1.82, 2.24) is 4.90 Å². The highest BCUT2D eigenvalue weighted by Crippen LogP contribution is 2.57. The van der Waals surface area contributed by atoms with Gasteiger partial charge in [-0.05, 0) is 75.3 Å². The van der Waals surface area contributed by atoms with E-state index < -0.39 is 5.97 Å². The number of esters is 1. The van der Waals surface area contributed by atoms with E-state index in [9.17, 15) is 9.59 Å². The van der Waals surface area contributed by atoms with Gasteiger partial charge in [0.1, 0.15) is 11.3 Å². The average molecular weight is 411 g/mol. The maximum Gasteiger partial charge on any atom is 0.342 e. The highest BCUT2D eigenvalue weighted by atomic mass is 16.5. The molecular formula is C24H30N2O4. The Balaban J connectivity index is 1.48. The Kier molecular flexibility index (Phi) is 5.73. The van der Waals surface area contributed by atoms with Crippen molar-refractivity contribution in [3.8, 4) is 11.8 Å². The fourth-order valence-electron chi connectivity index (χ4n) is 6.45.